The molecule has 0 amide bonds. The van der Waals surface area contributed by atoms with Crippen LogP contribution in [-0.4, -0.2) is 12.1 Å². The van der Waals surface area contributed by atoms with Crippen LogP contribution in [0, 0.1) is 5.92 Å². The molecule has 4 heteroatoms. The van der Waals surface area contributed by atoms with Gasteiger partial charge in [-0.2, -0.15) is 0 Å². The maximum atomic E-state index is 9.68. The van der Waals surface area contributed by atoms with Gasteiger partial charge in [0, 0.05) is 5.69 Å². The Morgan fingerprint density at radius 1 is 1.43 bits per heavy atom. The minimum atomic E-state index is -0.779. The average molecular weight is 189 g/mol. The molecule has 1 aliphatic carbocycles. The van der Waals surface area contributed by atoms with Gasteiger partial charge >= 0.3 is 7.12 Å². The molecule has 1 aliphatic heterocycles. The van der Waals surface area contributed by atoms with Crippen molar-refractivity contribution >= 4 is 18.3 Å². The van der Waals surface area contributed by atoms with E-state index in [2.05, 4.69) is 0 Å². The maximum Gasteiger partial charge on any atom is 0.492 e. The molecule has 0 radical (unpaired) electrons. The molecule has 1 aromatic rings. The molecule has 3 rings (SSSR count). The summed E-state index contributed by atoms with van der Waals surface area (Å²) in [5, 5.41) is 9.68. The lowest BCUT2D eigenvalue weighted by molar-refractivity contribution is 0.169. The van der Waals surface area contributed by atoms with Crippen LogP contribution in [-0.2, 0) is 4.65 Å². The van der Waals surface area contributed by atoms with Gasteiger partial charge in [-0.1, -0.05) is 6.07 Å². The van der Waals surface area contributed by atoms with Crippen LogP contribution in [0.15, 0.2) is 18.2 Å². The topological polar surface area (TPSA) is 55.5 Å². The first kappa shape index (κ1) is 8.32. The lowest BCUT2D eigenvalue weighted by Crippen LogP contribution is -2.28. The minimum Gasteiger partial charge on any atom is -0.423 e. The van der Waals surface area contributed by atoms with Gasteiger partial charge in [0.1, 0.15) is 0 Å². The number of rotatable bonds is 1. The smallest absolute Gasteiger partial charge is 0.423 e. The molecule has 14 heavy (non-hydrogen) atoms. The van der Waals surface area contributed by atoms with E-state index >= 15 is 0 Å². The van der Waals surface area contributed by atoms with Crippen molar-refractivity contribution in [2.75, 3.05) is 5.73 Å². The fourth-order valence-corrected chi connectivity index (χ4v) is 2.12. The van der Waals surface area contributed by atoms with Crippen LogP contribution in [0.2, 0.25) is 0 Å². The quantitative estimate of drug-likeness (QED) is 0.497. The number of nitrogens with two attached hydrogens (primary N) is 1. The van der Waals surface area contributed by atoms with Gasteiger partial charge < -0.3 is 15.4 Å². The Morgan fingerprint density at radius 2 is 2.21 bits per heavy atom. The summed E-state index contributed by atoms with van der Waals surface area (Å²) < 4.78 is 5.51. The summed E-state index contributed by atoms with van der Waals surface area (Å²) >= 11 is 0. The first-order chi connectivity index (χ1) is 6.75. The van der Waals surface area contributed by atoms with Gasteiger partial charge in [-0.15, -0.1) is 0 Å². The van der Waals surface area contributed by atoms with Crippen molar-refractivity contribution < 1.29 is 9.68 Å². The number of nitrogen functional groups attached to an aromatic ring is 1. The molecule has 1 unspecified atom stereocenters. The molecule has 3 nitrogen and oxygen atoms in total. The van der Waals surface area contributed by atoms with Gasteiger partial charge in [0.05, 0.1) is 6.10 Å². The van der Waals surface area contributed by atoms with E-state index in [1.807, 2.05) is 18.2 Å². The number of anilines is 1. The molecular weight excluding hydrogens is 177 g/mol. The van der Waals surface area contributed by atoms with Crippen molar-refractivity contribution in [2.45, 2.75) is 18.9 Å². The van der Waals surface area contributed by atoms with Gasteiger partial charge in [-0.25, -0.2) is 0 Å². The molecule has 3 N–H and O–H groups in total. The number of hydrogen-bond donors (Lipinski definition) is 2. The summed E-state index contributed by atoms with van der Waals surface area (Å²) in [5.74, 6) is 0.606. The highest BCUT2D eigenvalue weighted by molar-refractivity contribution is 6.61. The number of benzene rings is 1. The molecule has 0 spiro atoms. The van der Waals surface area contributed by atoms with Crippen molar-refractivity contribution in [3.8, 4) is 0 Å². The van der Waals surface area contributed by atoms with E-state index < -0.39 is 7.12 Å². The fraction of sp³-hybridized carbons (Fsp3) is 0.400. The minimum absolute atomic E-state index is 0.0978. The van der Waals surface area contributed by atoms with Crippen LogP contribution in [0.1, 0.15) is 24.5 Å². The van der Waals surface area contributed by atoms with E-state index in [4.69, 9.17) is 10.4 Å². The first-order valence-electron chi connectivity index (χ1n) is 4.98. The molecule has 1 atom stereocenters. The van der Waals surface area contributed by atoms with Gasteiger partial charge in [0.25, 0.3) is 0 Å². The highest BCUT2D eigenvalue weighted by atomic mass is 16.5. The van der Waals surface area contributed by atoms with Gasteiger partial charge in [0.2, 0.25) is 0 Å². The van der Waals surface area contributed by atoms with Crippen molar-refractivity contribution in [1.82, 2.24) is 0 Å². The molecule has 0 aromatic heterocycles. The summed E-state index contributed by atoms with van der Waals surface area (Å²) in [7, 11) is -0.779. The Kier molecular flexibility index (Phi) is 1.63. The molecular formula is C10H12BNO2. The zero-order valence-corrected chi connectivity index (χ0v) is 7.81. The Hall–Kier alpha value is -0.995. The molecule has 0 saturated heterocycles. The summed E-state index contributed by atoms with van der Waals surface area (Å²) in [4.78, 5) is 0. The number of hydrogen-bond acceptors (Lipinski definition) is 3. The molecule has 0 bridgehead atoms. The van der Waals surface area contributed by atoms with Crippen molar-refractivity contribution in [2.24, 2.45) is 5.92 Å². The Morgan fingerprint density at radius 3 is 2.93 bits per heavy atom. The summed E-state index contributed by atoms with van der Waals surface area (Å²) in [6, 6.07) is 5.65. The van der Waals surface area contributed by atoms with Crippen LogP contribution < -0.4 is 11.2 Å². The summed E-state index contributed by atoms with van der Waals surface area (Å²) in [6.45, 7) is 0. The van der Waals surface area contributed by atoms with Crippen molar-refractivity contribution in [1.29, 1.82) is 0 Å². The Balaban J connectivity index is 2.04. The SMILES string of the molecule is Nc1ccc2c(c1)B(O)OC2C1CC1. The van der Waals surface area contributed by atoms with Crippen LogP contribution in [0.25, 0.3) is 0 Å². The van der Waals surface area contributed by atoms with E-state index in [1.54, 1.807) is 0 Å². The third kappa shape index (κ3) is 1.15. The second kappa shape index (κ2) is 2.75. The lowest BCUT2D eigenvalue weighted by Gasteiger charge is -2.09. The van der Waals surface area contributed by atoms with Crippen LogP contribution in [0.4, 0.5) is 5.69 Å². The highest BCUT2D eigenvalue weighted by Crippen LogP contribution is 2.45. The first-order valence-corrected chi connectivity index (χ1v) is 4.98. The van der Waals surface area contributed by atoms with Crippen LogP contribution >= 0.6 is 0 Å². The largest absolute Gasteiger partial charge is 0.492 e. The highest BCUT2D eigenvalue weighted by Gasteiger charge is 2.43. The van der Waals surface area contributed by atoms with Crippen LogP contribution in [0.3, 0.4) is 0 Å². The van der Waals surface area contributed by atoms with E-state index in [1.165, 1.54) is 12.8 Å². The van der Waals surface area contributed by atoms with E-state index in [-0.39, 0.29) is 6.10 Å². The molecule has 1 saturated carbocycles. The molecule has 1 fully saturated rings. The van der Waals surface area contributed by atoms with Crippen LogP contribution in [0.5, 0.6) is 0 Å². The van der Waals surface area contributed by atoms with Crippen molar-refractivity contribution in [3.63, 3.8) is 0 Å². The average Bonchev–Trinajstić information content (AvgIpc) is 2.94. The van der Waals surface area contributed by atoms with E-state index in [9.17, 15) is 5.02 Å². The van der Waals surface area contributed by atoms with E-state index in [0.717, 1.165) is 11.0 Å². The standard InChI is InChI=1S/C10H12BNO2/c12-7-3-4-8-9(5-7)11(13)14-10(8)6-1-2-6/h3-6,10,13H,1-2,12H2. The van der Waals surface area contributed by atoms with Gasteiger partial charge in [-0.05, 0) is 41.9 Å². The van der Waals surface area contributed by atoms with Crippen molar-refractivity contribution in [3.05, 3.63) is 23.8 Å². The third-order valence-electron chi connectivity index (χ3n) is 3.01. The predicted octanol–water partition coefficient (Wildman–Crippen LogP) is 0.438. The summed E-state index contributed by atoms with van der Waals surface area (Å²) in [5.41, 5.74) is 8.32. The Bertz CT molecular complexity index is 378. The van der Waals surface area contributed by atoms with E-state index in [0.29, 0.717) is 11.6 Å². The van der Waals surface area contributed by atoms with Gasteiger partial charge in [-0.3, -0.25) is 0 Å². The fourth-order valence-electron chi connectivity index (χ4n) is 2.12. The monoisotopic (exact) mass is 189 g/mol. The predicted molar refractivity (Wildman–Crippen MR) is 55.0 cm³/mol. The second-order valence-corrected chi connectivity index (χ2v) is 4.13. The normalized spacial score (nSPS) is 25.2. The molecule has 2 aliphatic rings. The maximum absolute atomic E-state index is 9.68. The van der Waals surface area contributed by atoms with Gasteiger partial charge in [0.15, 0.2) is 0 Å². The molecule has 1 heterocycles. The zero-order valence-electron chi connectivity index (χ0n) is 7.81. The third-order valence-corrected chi connectivity index (χ3v) is 3.01. The Labute approximate surface area is 83.0 Å². The molecule has 72 valence electrons. The zero-order chi connectivity index (χ0) is 9.71. The number of fused-ring (bicyclic) bond motifs is 1. The summed E-state index contributed by atoms with van der Waals surface area (Å²) in [6.07, 6.45) is 2.52. The second-order valence-electron chi connectivity index (χ2n) is 4.13. The lowest BCUT2D eigenvalue weighted by atomic mass is 9.79. The molecule has 1 aromatic carbocycles.